The van der Waals surface area contributed by atoms with Crippen molar-refractivity contribution in [1.82, 2.24) is 4.90 Å². The molecular weight excluding hydrogens is 903 g/mol. The molecule has 5 unspecified atom stereocenters. The van der Waals surface area contributed by atoms with Crippen molar-refractivity contribution in [3.8, 4) is 0 Å². The number of morpholine rings is 1. The third kappa shape index (κ3) is 12.4. The Kier molecular flexibility index (Phi) is 18.1. The Morgan fingerprint density at radius 2 is 1.04 bits per heavy atom. The highest BCUT2D eigenvalue weighted by molar-refractivity contribution is 6.33. The predicted octanol–water partition coefficient (Wildman–Crippen LogP) is 10.1. The second-order valence-corrected chi connectivity index (χ2v) is 21.7. The van der Waals surface area contributed by atoms with Crippen molar-refractivity contribution in [1.29, 1.82) is 0 Å². The summed E-state index contributed by atoms with van der Waals surface area (Å²) in [5.74, 6) is -9.20. The molecule has 1 aliphatic heterocycles. The van der Waals surface area contributed by atoms with E-state index in [9.17, 15) is 14.4 Å². The highest BCUT2D eigenvalue weighted by atomic mass is 16.5. The molecule has 0 bridgehead atoms. The molecule has 5 aromatic rings. The standard InChI is InChI=1S/C62H71NO9/c1-8-51(65)38-48(35-43-21-12-9-13-22-43)56(69)62(58(71)60(5,6)7,57(70)50(40-54(67)63-31-33-72-34-32-63)37-47-29-20-28-46-27-18-19-30-52(46)47)61(42-64,41-45-25-16-11-17-26-45)55(68)49(39-53(66)59(2,3)4)36-44-23-14-10-15-24-44/h9-30,42,48-50H,8,31-41H2,1-7H3. The average molecular weight is 974 g/mol. The smallest absolute Gasteiger partial charge is 0.223 e. The molecule has 1 fully saturated rings. The first kappa shape index (κ1) is 54.8. The van der Waals surface area contributed by atoms with Crippen molar-refractivity contribution >= 4 is 57.7 Å². The maximum atomic E-state index is 17.3. The van der Waals surface area contributed by atoms with E-state index in [2.05, 4.69) is 0 Å². The minimum Gasteiger partial charge on any atom is -0.378 e. The molecule has 0 radical (unpaired) electrons. The molecule has 72 heavy (non-hydrogen) atoms. The fraction of sp³-hybridized carbons (Fsp3) is 0.419. The van der Waals surface area contributed by atoms with E-state index in [0.717, 1.165) is 10.8 Å². The van der Waals surface area contributed by atoms with Gasteiger partial charge in [0.15, 0.2) is 28.5 Å². The van der Waals surface area contributed by atoms with Crippen LogP contribution in [0.3, 0.4) is 0 Å². The molecule has 1 amide bonds. The first-order chi connectivity index (χ1) is 34.3. The largest absolute Gasteiger partial charge is 0.378 e. The second-order valence-electron chi connectivity index (χ2n) is 21.7. The number of aldehydes is 1. The molecular formula is C62H71NO9. The number of nitrogens with zero attached hydrogens (tertiary/aromatic N) is 1. The lowest BCUT2D eigenvalue weighted by atomic mass is 9.46. The average Bonchev–Trinajstić information content (AvgIpc) is 3.38. The zero-order valence-corrected chi connectivity index (χ0v) is 43.1. The van der Waals surface area contributed by atoms with Crippen molar-refractivity contribution in [2.24, 2.45) is 39.4 Å². The molecule has 0 saturated carbocycles. The predicted molar refractivity (Wildman–Crippen MR) is 280 cm³/mol. The van der Waals surface area contributed by atoms with Gasteiger partial charge in [0.1, 0.15) is 23.3 Å². The SMILES string of the molecule is CCC(=O)CC(Cc1ccccc1)C(=O)C(C(=O)C(CC(=O)N1CCOCC1)Cc1cccc2ccccc12)(C(=O)C(C)(C)C)C(C=O)(Cc1ccccc1)C(=O)C(CC(=O)C(C)(C)C)Cc1ccccc1. The molecule has 10 heteroatoms. The zero-order valence-electron chi connectivity index (χ0n) is 43.1. The molecule has 0 aliphatic carbocycles. The summed E-state index contributed by atoms with van der Waals surface area (Å²) in [5.41, 5.74) is -6.22. The van der Waals surface area contributed by atoms with Crippen LogP contribution in [0.1, 0.15) is 96.4 Å². The maximum absolute atomic E-state index is 17.3. The molecule has 378 valence electrons. The lowest BCUT2D eigenvalue weighted by Crippen LogP contribution is -2.69. The van der Waals surface area contributed by atoms with E-state index in [4.69, 9.17) is 4.74 Å². The van der Waals surface area contributed by atoms with Crippen molar-refractivity contribution in [2.75, 3.05) is 26.3 Å². The van der Waals surface area contributed by atoms with Crippen LogP contribution in [-0.4, -0.2) is 78.1 Å². The second kappa shape index (κ2) is 23.8. The number of carbonyl (C=O) groups excluding carboxylic acids is 8. The fourth-order valence-corrected chi connectivity index (χ4v) is 10.4. The summed E-state index contributed by atoms with van der Waals surface area (Å²) in [4.78, 5) is 128. The third-order valence-corrected chi connectivity index (χ3v) is 14.4. The van der Waals surface area contributed by atoms with Gasteiger partial charge in [-0.2, -0.15) is 0 Å². The summed E-state index contributed by atoms with van der Waals surface area (Å²) in [6.07, 6.45) is -1.79. The molecule has 0 aromatic heterocycles. The van der Waals surface area contributed by atoms with Gasteiger partial charge in [0.05, 0.1) is 13.2 Å². The number of hydrogen-bond donors (Lipinski definition) is 0. The molecule has 1 aliphatic rings. The van der Waals surface area contributed by atoms with Crippen molar-refractivity contribution < 1.29 is 43.1 Å². The number of carbonyl (C=O) groups is 8. The van der Waals surface area contributed by atoms with Crippen LogP contribution in [0.25, 0.3) is 10.8 Å². The van der Waals surface area contributed by atoms with E-state index in [0.29, 0.717) is 28.5 Å². The highest BCUT2D eigenvalue weighted by Crippen LogP contribution is 2.54. The van der Waals surface area contributed by atoms with Gasteiger partial charge in [-0.15, -0.1) is 0 Å². The molecule has 6 rings (SSSR count). The van der Waals surface area contributed by atoms with E-state index in [1.54, 1.807) is 138 Å². The fourth-order valence-electron chi connectivity index (χ4n) is 10.4. The Balaban J connectivity index is 1.77. The van der Waals surface area contributed by atoms with Crippen molar-refractivity contribution in [3.63, 3.8) is 0 Å². The third-order valence-electron chi connectivity index (χ3n) is 14.4. The normalized spacial score (nSPS) is 16.1. The van der Waals surface area contributed by atoms with Crippen LogP contribution >= 0.6 is 0 Å². The van der Waals surface area contributed by atoms with Crippen LogP contribution in [0.5, 0.6) is 0 Å². The van der Waals surface area contributed by atoms with Gasteiger partial charge in [0, 0.05) is 67.4 Å². The van der Waals surface area contributed by atoms with Gasteiger partial charge in [-0.05, 0) is 58.7 Å². The van der Waals surface area contributed by atoms with Crippen LogP contribution in [-0.2, 0) is 68.8 Å². The summed E-state index contributed by atoms with van der Waals surface area (Å²) in [6, 6.07) is 39.6. The van der Waals surface area contributed by atoms with Crippen LogP contribution in [0.4, 0.5) is 0 Å². The number of ketones is 6. The summed E-state index contributed by atoms with van der Waals surface area (Å²) in [7, 11) is 0. The van der Waals surface area contributed by atoms with Crippen LogP contribution in [0, 0.1) is 39.4 Å². The van der Waals surface area contributed by atoms with Crippen molar-refractivity contribution in [2.45, 2.75) is 99.8 Å². The number of benzene rings is 5. The molecule has 0 N–H and O–H groups in total. The minimum absolute atomic E-state index is 0.0281. The number of rotatable bonds is 24. The van der Waals surface area contributed by atoms with E-state index < -0.39 is 87.7 Å². The minimum atomic E-state index is -3.16. The summed E-state index contributed by atoms with van der Waals surface area (Å²) in [6.45, 7) is 12.5. The first-order valence-electron chi connectivity index (χ1n) is 25.4. The zero-order chi connectivity index (χ0) is 52.3. The van der Waals surface area contributed by atoms with Gasteiger partial charge in [0.25, 0.3) is 0 Å². The van der Waals surface area contributed by atoms with E-state index in [1.165, 1.54) is 0 Å². The number of ether oxygens (including phenoxy) is 1. The maximum Gasteiger partial charge on any atom is 0.223 e. The summed E-state index contributed by atoms with van der Waals surface area (Å²) >= 11 is 0. The Labute approximate surface area is 425 Å². The van der Waals surface area contributed by atoms with Gasteiger partial charge < -0.3 is 14.4 Å². The molecule has 5 aromatic carbocycles. The quantitative estimate of drug-likeness (QED) is 0.0435. The molecule has 1 heterocycles. The Morgan fingerprint density at radius 3 is 1.56 bits per heavy atom. The number of amides is 1. The lowest BCUT2D eigenvalue weighted by Gasteiger charge is -2.49. The van der Waals surface area contributed by atoms with Gasteiger partial charge in [0.2, 0.25) is 5.91 Å². The number of fused-ring (bicyclic) bond motifs is 1. The Morgan fingerprint density at radius 1 is 0.556 bits per heavy atom. The summed E-state index contributed by atoms with van der Waals surface area (Å²) in [5, 5.41) is 1.63. The van der Waals surface area contributed by atoms with Crippen molar-refractivity contribution in [3.05, 3.63) is 156 Å². The molecule has 1 saturated heterocycles. The molecule has 0 spiro atoms. The van der Waals surface area contributed by atoms with E-state index >= 15 is 24.0 Å². The lowest BCUT2D eigenvalue weighted by molar-refractivity contribution is -0.175. The number of hydrogen-bond acceptors (Lipinski definition) is 9. The van der Waals surface area contributed by atoms with Crippen LogP contribution in [0.2, 0.25) is 0 Å². The Bertz CT molecular complexity index is 2720. The van der Waals surface area contributed by atoms with Gasteiger partial charge in [-0.25, -0.2) is 0 Å². The highest BCUT2D eigenvalue weighted by Gasteiger charge is 2.72. The monoisotopic (exact) mass is 974 g/mol. The van der Waals surface area contributed by atoms with Gasteiger partial charge in [-0.1, -0.05) is 182 Å². The topological polar surface area (TPSA) is 149 Å². The molecule has 5 atom stereocenters. The van der Waals surface area contributed by atoms with E-state index in [1.807, 2.05) is 48.5 Å². The van der Waals surface area contributed by atoms with Gasteiger partial charge in [-0.3, -0.25) is 33.6 Å². The number of Topliss-reactive ketones (excluding diaryl/α,β-unsaturated/α-hetero) is 6. The Hall–Kier alpha value is -6.52. The van der Waals surface area contributed by atoms with Crippen LogP contribution in [0.15, 0.2) is 133 Å². The summed E-state index contributed by atoms with van der Waals surface area (Å²) < 4.78 is 5.59. The van der Waals surface area contributed by atoms with Crippen LogP contribution < -0.4 is 0 Å². The molecule has 10 nitrogen and oxygen atoms in total. The van der Waals surface area contributed by atoms with Gasteiger partial charge >= 0.3 is 0 Å². The first-order valence-corrected chi connectivity index (χ1v) is 25.4. The van der Waals surface area contributed by atoms with E-state index in [-0.39, 0.29) is 70.0 Å².